The lowest BCUT2D eigenvalue weighted by Gasteiger charge is -2.44. The van der Waals surface area contributed by atoms with E-state index in [-0.39, 0.29) is 0 Å². The Morgan fingerprint density at radius 1 is 0.258 bits per heavy atom. The van der Waals surface area contributed by atoms with Crippen molar-refractivity contribution in [2.45, 2.75) is 6.92 Å². The highest BCUT2D eigenvalue weighted by Gasteiger charge is 2.52. The molecule has 0 heterocycles. The van der Waals surface area contributed by atoms with Gasteiger partial charge >= 0.3 is 0 Å². The zero-order valence-corrected chi connectivity index (χ0v) is 33.3. The Balaban J connectivity index is 0.000000284. The number of benzene rings is 7. The van der Waals surface area contributed by atoms with Gasteiger partial charge in [0.2, 0.25) is 0 Å². The van der Waals surface area contributed by atoms with Crippen LogP contribution in [0.2, 0.25) is 0 Å². The summed E-state index contributed by atoms with van der Waals surface area (Å²) in [7, 11) is -1.53. The van der Waals surface area contributed by atoms with Gasteiger partial charge in [0.25, 0.3) is 0 Å². The maximum Gasteiger partial charge on any atom is 0.200 e. The average molecular weight is 970 g/mol. The lowest BCUT2D eigenvalue weighted by atomic mass is 9.12. The third-order valence-electron chi connectivity index (χ3n) is 10.8. The molecule has 0 saturated heterocycles. The number of rotatable bonds is 8. The molecule has 0 aliphatic carbocycles. The summed E-state index contributed by atoms with van der Waals surface area (Å²) in [4.78, 5) is 0. The van der Waals surface area contributed by atoms with Crippen molar-refractivity contribution in [3.05, 3.63) is 207 Å². The van der Waals surface area contributed by atoms with Crippen molar-refractivity contribution in [2.75, 3.05) is 6.16 Å². The van der Waals surface area contributed by atoms with E-state index in [0.717, 1.165) is 6.16 Å². The van der Waals surface area contributed by atoms with Gasteiger partial charge in [0.05, 0.1) is 6.16 Å². The van der Waals surface area contributed by atoms with E-state index in [9.17, 15) is 52.7 Å². The molecule has 0 atom stereocenters. The van der Waals surface area contributed by atoms with Crippen LogP contribution in [0.15, 0.2) is 91.0 Å². The second-order valence-electron chi connectivity index (χ2n) is 13.9. The Labute approximate surface area is 359 Å². The second-order valence-corrected chi connectivity index (χ2v) is 17.7. The minimum Gasteiger partial charge on any atom is -0.207 e. The summed E-state index contributed by atoms with van der Waals surface area (Å²) in [5.74, 6) is -71.4. The van der Waals surface area contributed by atoms with Crippen LogP contribution < -0.4 is 37.8 Å². The van der Waals surface area contributed by atoms with Crippen LogP contribution in [0.25, 0.3) is 0 Å². The molecule has 0 amide bonds. The van der Waals surface area contributed by atoms with E-state index in [1.807, 2.05) is 0 Å². The molecule has 0 N–H and O–H groups in total. The molecule has 0 spiro atoms. The van der Waals surface area contributed by atoms with E-state index in [1.54, 1.807) is 0 Å². The van der Waals surface area contributed by atoms with Gasteiger partial charge in [-0.05, 0) is 43.3 Å². The molecule has 0 nitrogen and oxygen atoms in total. The molecule has 7 aromatic rings. The summed E-state index contributed by atoms with van der Waals surface area (Å²) in [6.45, 7) is 2.32. The highest BCUT2D eigenvalue weighted by atomic mass is 31.2. The summed E-state index contributed by atoms with van der Waals surface area (Å²) in [5, 5.41) is 4.39. The summed E-state index contributed by atoms with van der Waals surface area (Å²) < 4.78 is 294. The number of hydrogen-bond acceptors (Lipinski definition) is 0. The van der Waals surface area contributed by atoms with E-state index < -0.39 is 152 Å². The summed E-state index contributed by atoms with van der Waals surface area (Å²) in [6.07, 6.45) is -6.07. The first kappa shape index (κ1) is 49.1. The van der Waals surface area contributed by atoms with Gasteiger partial charge in [0.15, 0.2) is 69.8 Å². The average Bonchev–Trinajstić information content (AvgIpc) is 3.33. The maximum atomic E-state index is 15.4. The Bertz CT molecular complexity index is 2530. The van der Waals surface area contributed by atoms with E-state index in [1.165, 1.54) is 15.9 Å². The van der Waals surface area contributed by atoms with Crippen molar-refractivity contribution in [3.8, 4) is 0 Å². The standard InChI is InChI=1S/C24BF20.C20H20P/c26-5-1(6(27)14(35)21(42)13(5)34)25(2-7(28)15(36)22(43)16(37)8(2)29,3-9(30)17(38)23(44)18(39)10(3)31)4-11(32)19(40)24(45)20(41)12(4)33;1-2-21(18-12-6-3-7-13-18,19-14-8-4-9-15-19)20-16-10-5-11-17-20/h;3-17H,2H2,1H3/q-1;+1. The second kappa shape index (κ2) is 18.5. The first-order valence-corrected chi connectivity index (χ1v) is 20.3. The third-order valence-corrected chi connectivity index (χ3v) is 15.3. The van der Waals surface area contributed by atoms with Crippen LogP contribution in [-0.4, -0.2) is 12.3 Å². The molecule has 22 heteroatoms. The smallest absolute Gasteiger partial charge is 0.200 e. The maximum absolute atomic E-state index is 15.4. The molecule has 7 aromatic carbocycles. The Kier molecular flexibility index (Phi) is 13.7. The zero-order chi connectivity index (χ0) is 48.9. The number of hydrogen-bond donors (Lipinski definition) is 0. The molecule has 66 heavy (non-hydrogen) atoms. The van der Waals surface area contributed by atoms with E-state index in [4.69, 9.17) is 0 Å². The van der Waals surface area contributed by atoms with Crippen LogP contribution in [0.3, 0.4) is 0 Å². The molecule has 0 bridgehead atoms. The Morgan fingerprint density at radius 2 is 0.409 bits per heavy atom. The molecule has 0 saturated carbocycles. The molecule has 0 unspecified atom stereocenters. The van der Waals surface area contributed by atoms with Crippen molar-refractivity contribution in [2.24, 2.45) is 0 Å². The van der Waals surface area contributed by atoms with Crippen LogP contribution in [0.4, 0.5) is 87.8 Å². The predicted molar refractivity (Wildman–Crippen MR) is 205 cm³/mol. The molecule has 0 fully saturated rings. The summed E-state index contributed by atoms with van der Waals surface area (Å²) in [5.41, 5.74) is -14.3. The number of halogens is 20. The molecular formula is C44H20BF20P. The molecule has 344 valence electrons. The van der Waals surface area contributed by atoms with Gasteiger partial charge in [0, 0.05) is 0 Å². The fourth-order valence-corrected chi connectivity index (χ4v) is 11.9. The fourth-order valence-electron chi connectivity index (χ4n) is 7.92. The highest BCUT2D eigenvalue weighted by molar-refractivity contribution is 7.95. The lowest BCUT2D eigenvalue weighted by Crippen LogP contribution is -2.81. The van der Waals surface area contributed by atoms with Crippen LogP contribution in [0.1, 0.15) is 6.92 Å². The molecule has 0 aromatic heterocycles. The van der Waals surface area contributed by atoms with Crippen LogP contribution in [-0.2, 0) is 0 Å². The van der Waals surface area contributed by atoms with Crippen LogP contribution in [0.5, 0.6) is 0 Å². The van der Waals surface area contributed by atoms with E-state index >= 15 is 35.1 Å². The molecule has 0 aliphatic heterocycles. The minimum atomic E-state index is -7.22. The Morgan fingerprint density at radius 3 is 0.561 bits per heavy atom. The van der Waals surface area contributed by atoms with Gasteiger partial charge in [-0.1, -0.05) is 54.6 Å². The van der Waals surface area contributed by atoms with Crippen molar-refractivity contribution in [1.82, 2.24) is 0 Å². The molecular weight excluding hydrogens is 950 g/mol. The molecule has 7 rings (SSSR count). The van der Waals surface area contributed by atoms with E-state index in [2.05, 4.69) is 97.9 Å². The van der Waals surface area contributed by atoms with Gasteiger partial charge in [-0.3, -0.25) is 0 Å². The lowest BCUT2D eigenvalue weighted by molar-refractivity contribution is 0.378. The largest absolute Gasteiger partial charge is 0.207 e. The van der Waals surface area contributed by atoms with Crippen molar-refractivity contribution in [1.29, 1.82) is 0 Å². The third kappa shape index (κ3) is 7.35. The van der Waals surface area contributed by atoms with Crippen LogP contribution in [0, 0.1) is 116 Å². The topological polar surface area (TPSA) is 0 Å². The quantitative estimate of drug-likeness (QED) is 0.0468. The first-order chi connectivity index (χ1) is 31.1. The van der Waals surface area contributed by atoms with Gasteiger partial charge < -0.3 is 0 Å². The monoisotopic (exact) mass is 970 g/mol. The van der Waals surface area contributed by atoms with Crippen molar-refractivity contribution >= 4 is 51.2 Å². The van der Waals surface area contributed by atoms with Gasteiger partial charge in [-0.15, -0.1) is 21.9 Å². The van der Waals surface area contributed by atoms with Crippen LogP contribution >= 0.6 is 7.26 Å². The predicted octanol–water partition coefficient (Wildman–Crippen LogP) is 9.85. The van der Waals surface area contributed by atoms with Gasteiger partial charge in [0.1, 0.15) is 75.9 Å². The SMILES string of the molecule is CC[P+](c1ccccc1)(c1ccccc1)c1ccccc1.Fc1c(F)c(F)c([B-](c2c(F)c(F)c(F)c(F)c2F)(c2c(F)c(F)c(F)c(F)c2F)c2c(F)c(F)c(F)c(F)c2F)c(F)c1F. The van der Waals surface area contributed by atoms with Gasteiger partial charge in [-0.25, -0.2) is 87.8 Å². The van der Waals surface area contributed by atoms with Crippen molar-refractivity contribution in [3.63, 3.8) is 0 Å². The highest BCUT2D eigenvalue weighted by Crippen LogP contribution is 2.54. The fraction of sp³-hybridized carbons (Fsp3) is 0.0455. The minimum absolute atomic E-state index is 1.14. The molecule has 0 aliphatic rings. The summed E-state index contributed by atoms with van der Waals surface area (Å²) >= 11 is 0. The van der Waals surface area contributed by atoms with E-state index in [0.29, 0.717) is 0 Å². The Hall–Kier alpha value is -6.37. The normalized spacial score (nSPS) is 11.8. The first-order valence-electron chi connectivity index (χ1n) is 18.4. The zero-order valence-electron chi connectivity index (χ0n) is 32.5. The van der Waals surface area contributed by atoms with Crippen molar-refractivity contribution < 1.29 is 87.8 Å². The van der Waals surface area contributed by atoms with Gasteiger partial charge in [-0.2, -0.15) is 0 Å². The summed E-state index contributed by atoms with van der Waals surface area (Å²) in [6, 6.07) is 33.0. The molecule has 0 radical (unpaired) electrons.